The Morgan fingerprint density at radius 3 is 2.44 bits per heavy atom. The molecule has 4 nitrogen and oxygen atoms in total. The van der Waals surface area contributed by atoms with Gasteiger partial charge in [-0.15, -0.1) is 0 Å². The van der Waals surface area contributed by atoms with Crippen molar-refractivity contribution in [3.63, 3.8) is 0 Å². The Balaban J connectivity index is 1.97. The highest BCUT2D eigenvalue weighted by atomic mass is 35.5. The summed E-state index contributed by atoms with van der Waals surface area (Å²) in [5.41, 5.74) is 3.87. The third kappa shape index (κ3) is 3.90. The fourth-order valence-corrected chi connectivity index (χ4v) is 3.24. The van der Waals surface area contributed by atoms with Gasteiger partial charge in [0.05, 0.1) is 25.6 Å². The Morgan fingerprint density at radius 1 is 1.04 bits per heavy atom. The van der Waals surface area contributed by atoms with E-state index in [1.165, 1.54) is 12.8 Å². The van der Waals surface area contributed by atoms with E-state index in [1.807, 2.05) is 37.3 Å². The predicted octanol–water partition coefficient (Wildman–Crippen LogP) is 5.02. The van der Waals surface area contributed by atoms with Crippen LogP contribution in [0.1, 0.15) is 24.0 Å². The number of anilines is 1. The third-order valence-corrected chi connectivity index (χ3v) is 4.73. The number of methoxy groups -OCH3 is 2. The quantitative estimate of drug-likeness (QED) is 0.704. The Hall–Kier alpha value is -2.20. The average molecular weight is 359 g/mol. The van der Waals surface area contributed by atoms with E-state index in [-0.39, 0.29) is 0 Å². The molecule has 2 aromatic carbocycles. The molecule has 3 rings (SSSR count). The lowest BCUT2D eigenvalue weighted by Gasteiger charge is -2.22. The molecule has 1 aliphatic rings. The molecule has 0 spiro atoms. The highest BCUT2D eigenvalue weighted by Gasteiger charge is 2.19. The summed E-state index contributed by atoms with van der Waals surface area (Å²) in [6, 6.07) is 9.70. The van der Waals surface area contributed by atoms with E-state index in [4.69, 9.17) is 21.1 Å². The molecule has 0 N–H and O–H groups in total. The van der Waals surface area contributed by atoms with Gasteiger partial charge in [-0.3, -0.25) is 4.99 Å². The first kappa shape index (κ1) is 17.6. The Kier molecular flexibility index (Phi) is 5.49. The smallest absolute Gasteiger partial charge is 0.143 e. The van der Waals surface area contributed by atoms with Crippen LogP contribution in [0.2, 0.25) is 5.02 Å². The van der Waals surface area contributed by atoms with E-state index < -0.39 is 0 Å². The number of hydrogen-bond acceptors (Lipinski definition) is 4. The molecule has 0 amide bonds. The summed E-state index contributed by atoms with van der Waals surface area (Å²) in [7, 11) is 3.38. The molecule has 25 heavy (non-hydrogen) atoms. The molecule has 0 radical (unpaired) electrons. The second kappa shape index (κ2) is 7.79. The van der Waals surface area contributed by atoms with Crippen molar-refractivity contribution in [2.45, 2.75) is 19.8 Å². The van der Waals surface area contributed by atoms with Gasteiger partial charge in [0.1, 0.15) is 11.5 Å². The van der Waals surface area contributed by atoms with Crippen LogP contribution in [-0.2, 0) is 0 Å². The Labute approximate surface area is 154 Å². The number of nitrogens with zero attached hydrogens (tertiary/aromatic N) is 2. The molecule has 2 aromatic rings. The highest BCUT2D eigenvalue weighted by Crippen LogP contribution is 2.36. The first-order valence-corrected chi connectivity index (χ1v) is 8.81. The van der Waals surface area contributed by atoms with Crippen molar-refractivity contribution in [1.82, 2.24) is 0 Å². The SMILES string of the molecule is COc1cc(N2CCCC2)c(OC)cc1C=Nc1cc(Cl)ccc1C. The lowest BCUT2D eigenvalue weighted by molar-refractivity contribution is 0.402. The second-order valence-corrected chi connectivity index (χ2v) is 6.59. The maximum Gasteiger partial charge on any atom is 0.143 e. The minimum absolute atomic E-state index is 0.673. The predicted molar refractivity (Wildman–Crippen MR) is 104 cm³/mol. The number of ether oxygens (including phenoxy) is 2. The topological polar surface area (TPSA) is 34.1 Å². The zero-order valence-electron chi connectivity index (χ0n) is 14.9. The number of halogens is 1. The van der Waals surface area contributed by atoms with Gasteiger partial charge in [-0.05, 0) is 43.5 Å². The van der Waals surface area contributed by atoms with Crippen molar-refractivity contribution in [3.05, 3.63) is 46.5 Å². The van der Waals surface area contributed by atoms with Crippen molar-refractivity contribution >= 4 is 29.2 Å². The van der Waals surface area contributed by atoms with E-state index >= 15 is 0 Å². The minimum Gasteiger partial charge on any atom is -0.496 e. The van der Waals surface area contributed by atoms with Crippen LogP contribution in [0.3, 0.4) is 0 Å². The minimum atomic E-state index is 0.673. The third-order valence-electron chi connectivity index (χ3n) is 4.49. The van der Waals surface area contributed by atoms with Gasteiger partial charge >= 0.3 is 0 Å². The molecule has 1 aliphatic heterocycles. The van der Waals surface area contributed by atoms with Crippen molar-refractivity contribution in [3.8, 4) is 11.5 Å². The van der Waals surface area contributed by atoms with Gasteiger partial charge in [0.25, 0.3) is 0 Å². The maximum atomic E-state index is 6.07. The monoisotopic (exact) mass is 358 g/mol. The van der Waals surface area contributed by atoms with E-state index in [0.29, 0.717) is 5.02 Å². The fourth-order valence-electron chi connectivity index (χ4n) is 3.07. The Morgan fingerprint density at radius 2 is 1.76 bits per heavy atom. The number of hydrogen-bond donors (Lipinski definition) is 0. The average Bonchev–Trinajstić information content (AvgIpc) is 3.16. The first-order chi connectivity index (χ1) is 12.1. The summed E-state index contributed by atoms with van der Waals surface area (Å²) in [6.45, 7) is 4.11. The van der Waals surface area contributed by atoms with Crippen molar-refractivity contribution in [2.75, 3.05) is 32.2 Å². The Bertz CT molecular complexity index is 784. The van der Waals surface area contributed by atoms with E-state index in [0.717, 1.165) is 47.1 Å². The molecule has 1 saturated heterocycles. The van der Waals surface area contributed by atoms with Gasteiger partial charge in [-0.2, -0.15) is 0 Å². The summed E-state index contributed by atoms with van der Waals surface area (Å²) in [5, 5.41) is 0.673. The summed E-state index contributed by atoms with van der Waals surface area (Å²) in [4.78, 5) is 6.93. The molecule has 0 atom stereocenters. The molecular formula is C20H23ClN2O2. The summed E-state index contributed by atoms with van der Waals surface area (Å²) in [5.74, 6) is 1.62. The fraction of sp³-hybridized carbons (Fsp3) is 0.350. The van der Waals surface area contributed by atoms with E-state index in [2.05, 4.69) is 9.89 Å². The number of aliphatic imine (C=N–C) groups is 1. The van der Waals surface area contributed by atoms with Gasteiger partial charge in [-0.25, -0.2) is 0 Å². The van der Waals surface area contributed by atoms with Crippen LogP contribution >= 0.6 is 11.6 Å². The zero-order valence-corrected chi connectivity index (χ0v) is 15.6. The van der Waals surface area contributed by atoms with Gasteiger partial charge in [0.15, 0.2) is 0 Å². The van der Waals surface area contributed by atoms with Gasteiger partial charge < -0.3 is 14.4 Å². The second-order valence-electron chi connectivity index (χ2n) is 6.15. The van der Waals surface area contributed by atoms with Gasteiger partial charge in [-0.1, -0.05) is 17.7 Å². The molecule has 0 saturated carbocycles. The molecule has 1 heterocycles. The zero-order chi connectivity index (χ0) is 17.8. The molecule has 132 valence electrons. The molecule has 5 heteroatoms. The lowest BCUT2D eigenvalue weighted by Crippen LogP contribution is -2.18. The van der Waals surface area contributed by atoms with E-state index in [1.54, 1.807) is 20.4 Å². The van der Waals surface area contributed by atoms with Crippen LogP contribution in [0.5, 0.6) is 11.5 Å². The number of benzene rings is 2. The first-order valence-electron chi connectivity index (χ1n) is 8.43. The van der Waals surface area contributed by atoms with Crippen molar-refractivity contribution in [2.24, 2.45) is 4.99 Å². The van der Waals surface area contributed by atoms with Crippen LogP contribution in [0, 0.1) is 6.92 Å². The summed E-state index contributed by atoms with van der Waals surface area (Å²) < 4.78 is 11.2. The van der Waals surface area contributed by atoms with Gasteiger partial charge in [0, 0.05) is 36.0 Å². The molecular weight excluding hydrogens is 336 g/mol. The van der Waals surface area contributed by atoms with Crippen LogP contribution in [0.4, 0.5) is 11.4 Å². The van der Waals surface area contributed by atoms with Crippen LogP contribution in [0.25, 0.3) is 0 Å². The van der Waals surface area contributed by atoms with Crippen molar-refractivity contribution in [1.29, 1.82) is 0 Å². The van der Waals surface area contributed by atoms with Crippen molar-refractivity contribution < 1.29 is 9.47 Å². The molecule has 0 unspecified atom stereocenters. The van der Waals surface area contributed by atoms with E-state index in [9.17, 15) is 0 Å². The largest absolute Gasteiger partial charge is 0.496 e. The molecule has 0 aromatic heterocycles. The van der Waals surface area contributed by atoms with Crippen LogP contribution in [0.15, 0.2) is 35.3 Å². The summed E-state index contributed by atoms with van der Waals surface area (Å²) in [6.07, 6.45) is 4.22. The maximum absolute atomic E-state index is 6.07. The summed E-state index contributed by atoms with van der Waals surface area (Å²) >= 11 is 6.07. The number of aryl methyl sites for hydroxylation is 1. The normalized spacial score (nSPS) is 14.3. The standard InChI is InChI=1S/C20H23ClN2O2/c1-14-6-7-16(21)11-17(14)22-13-15-10-20(25-3)18(12-19(15)24-2)23-8-4-5-9-23/h6-7,10-13H,4-5,8-9H2,1-3H3. The molecule has 1 fully saturated rings. The lowest BCUT2D eigenvalue weighted by atomic mass is 10.1. The van der Waals surface area contributed by atoms with Crippen LogP contribution in [-0.4, -0.2) is 33.5 Å². The van der Waals surface area contributed by atoms with Gasteiger partial charge in [0.2, 0.25) is 0 Å². The van der Waals surface area contributed by atoms with Crippen LogP contribution < -0.4 is 14.4 Å². The molecule has 0 bridgehead atoms. The number of rotatable bonds is 5. The molecule has 0 aliphatic carbocycles. The highest BCUT2D eigenvalue weighted by molar-refractivity contribution is 6.30.